The Morgan fingerprint density at radius 1 is 1.20 bits per heavy atom. The van der Waals surface area contributed by atoms with E-state index in [0.29, 0.717) is 5.92 Å². The molecule has 0 aliphatic carbocycles. The fourth-order valence-electron chi connectivity index (χ4n) is 2.05. The van der Waals surface area contributed by atoms with Crippen LogP contribution < -0.4 is 0 Å². The molecule has 15 heavy (non-hydrogen) atoms. The summed E-state index contributed by atoms with van der Waals surface area (Å²) in [7, 11) is 0. The topological polar surface area (TPSA) is 37.3 Å². The Kier molecular flexibility index (Phi) is 4.82. The van der Waals surface area contributed by atoms with E-state index < -0.39 is 11.4 Å². The van der Waals surface area contributed by atoms with Crippen LogP contribution in [0.15, 0.2) is 0 Å². The van der Waals surface area contributed by atoms with Gasteiger partial charge in [0.1, 0.15) is 0 Å². The molecule has 2 heteroatoms. The van der Waals surface area contributed by atoms with Crippen molar-refractivity contribution in [1.82, 2.24) is 0 Å². The number of aliphatic carboxylic acids is 1. The first-order chi connectivity index (χ1) is 6.57. The maximum Gasteiger partial charge on any atom is 0.309 e. The van der Waals surface area contributed by atoms with E-state index in [-0.39, 0.29) is 5.41 Å². The molecule has 0 saturated heterocycles. The highest BCUT2D eigenvalue weighted by molar-refractivity contribution is 5.74. The van der Waals surface area contributed by atoms with Crippen LogP contribution in [-0.4, -0.2) is 11.1 Å². The second-order valence-corrected chi connectivity index (χ2v) is 6.54. The first kappa shape index (κ1) is 14.5. The van der Waals surface area contributed by atoms with Crippen LogP contribution in [0.1, 0.15) is 60.8 Å². The van der Waals surface area contributed by atoms with E-state index >= 15 is 0 Å². The van der Waals surface area contributed by atoms with Gasteiger partial charge in [0.05, 0.1) is 5.41 Å². The van der Waals surface area contributed by atoms with E-state index in [0.717, 1.165) is 19.3 Å². The third-order valence-electron chi connectivity index (χ3n) is 2.71. The van der Waals surface area contributed by atoms with Crippen LogP contribution in [0.3, 0.4) is 0 Å². The fourth-order valence-corrected chi connectivity index (χ4v) is 2.05. The van der Waals surface area contributed by atoms with Crippen LogP contribution in [0, 0.1) is 16.7 Å². The summed E-state index contributed by atoms with van der Waals surface area (Å²) < 4.78 is 0. The van der Waals surface area contributed by atoms with Crippen molar-refractivity contribution < 1.29 is 9.90 Å². The minimum Gasteiger partial charge on any atom is -0.481 e. The molecule has 2 nitrogen and oxygen atoms in total. The van der Waals surface area contributed by atoms with E-state index in [2.05, 4.69) is 34.6 Å². The molecule has 0 aromatic rings. The first-order valence-corrected chi connectivity index (χ1v) is 5.80. The molecule has 0 fully saturated rings. The van der Waals surface area contributed by atoms with Crippen molar-refractivity contribution in [1.29, 1.82) is 0 Å². The van der Waals surface area contributed by atoms with Gasteiger partial charge in [-0.2, -0.15) is 0 Å². The molecule has 0 aliphatic rings. The summed E-state index contributed by atoms with van der Waals surface area (Å²) in [5, 5.41) is 9.31. The van der Waals surface area contributed by atoms with Crippen molar-refractivity contribution in [3.05, 3.63) is 0 Å². The van der Waals surface area contributed by atoms with Crippen molar-refractivity contribution in [2.24, 2.45) is 16.7 Å². The number of carbonyl (C=O) groups is 1. The molecule has 0 aromatic carbocycles. The summed E-state index contributed by atoms with van der Waals surface area (Å²) >= 11 is 0. The van der Waals surface area contributed by atoms with Gasteiger partial charge in [0.2, 0.25) is 0 Å². The Morgan fingerprint density at radius 2 is 1.67 bits per heavy atom. The maximum absolute atomic E-state index is 11.3. The highest BCUT2D eigenvalue weighted by Crippen LogP contribution is 2.38. The molecule has 0 rings (SSSR count). The monoisotopic (exact) mass is 214 g/mol. The van der Waals surface area contributed by atoms with E-state index in [1.165, 1.54) is 0 Å². The number of carboxylic acid groups (broad SMARTS) is 1. The lowest BCUT2D eigenvalue weighted by Crippen LogP contribution is -2.32. The number of hydrogen-bond donors (Lipinski definition) is 1. The van der Waals surface area contributed by atoms with Crippen LogP contribution in [0.25, 0.3) is 0 Å². The largest absolute Gasteiger partial charge is 0.481 e. The predicted octanol–water partition coefficient (Wildman–Crippen LogP) is 3.95. The van der Waals surface area contributed by atoms with Gasteiger partial charge in [0.25, 0.3) is 0 Å². The summed E-state index contributed by atoms with van der Waals surface area (Å²) in [6, 6.07) is 0. The Morgan fingerprint density at radius 3 is 1.93 bits per heavy atom. The predicted molar refractivity (Wildman–Crippen MR) is 63.9 cm³/mol. The van der Waals surface area contributed by atoms with Gasteiger partial charge in [-0.05, 0) is 37.5 Å². The molecule has 0 aliphatic heterocycles. The van der Waals surface area contributed by atoms with E-state index in [1.54, 1.807) is 0 Å². The molecule has 0 spiro atoms. The van der Waals surface area contributed by atoms with Gasteiger partial charge in [-0.3, -0.25) is 4.79 Å². The third-order valence-corrected chi connectivity index (χ3v) is 2.71. The average Bonchev–Trinajstić information content (AvgIpc) is 1.97. The second-order valence-electron chi connectivity index (χ2n) is 6.54. The first-order valence-electron chi connectivity index (χ1n) is 5.80. The van der Waals surface area contributed by atoms with Crippen molar-refractivity contribution in [3.63, 3.8) is 0 Å². The van der Waals surface area contributed by atoms with Crippen LogP contribution in [-0.2, 0) is 4.79 Å². The highest BCUT2D eigenvalue weighted by Gasteiger charge is 2.36. The lowest BCUT2D eigenvalue weighted by molar-refractivity contribution is -0.150. The number of rotatable bonds is 5. The maximum atomic E-state index is 11.3. The summed E-state index contributed by atoms with van der Waals surface area (Å²) in [6.45, 7) is 12.5. The highest BCUT2D eigenvalue weighted by atomic mass is 16.4. The van der Waals surface area contributed by atoms with Gasteiger partial charge in [-0.25, -0.2) is 0 Å². The summed E-state index contributed by atoms with van der Waals surface area (Å²) in [4.78, 5) is 11.3. The molecule has 1 atom stereocenters. The summed E-state index contributed by atoms with van der Waals surface area (Å²) in [5.41, 5.74) is -0.493. The lowest BCUT2D eigenvalue weighted by Gasteiger charge is -2.32. The average molecular weight is 214 g/mol. The van der Waals surface area contributed by atoms with Crippen molar-refractivity contribution in [2.45, 2.75) is 60.8 Å². The summed E-state index contributed by atoms with van der Waals surface area (Å²) in [6.07, 6.45) is 2.50. The second kappa shape index (κ2) is 5.00. The van der Waals surface area contributed by atoms with Gasteiger partial charge in [-0.1, -0.05) is 34.6 Å². The van der Waals surface area contributed by atoms with Crippen LogP contribution in [0.2, 0.25) is 0 Å². The molecule has 0 heterocycles. The van der Waals surface area contributed by atoms with Crippen molar-refractivity contribution in [3.8, 4) is 0 Å². The Bertz CT molecular complexity index is 213. The summed E-state index contributed by atoms with van der Waals surface area (Å²) in [5.74, 6) is -0.0817. The smallest absolute Gasteiger partial charge is 0.309 e. The molecule has 0 amide bonds. The molecule has 0 aromatic heterocycles. The Labute approximate surface area is 94.1 Å². The molecule has 0 saturated carbocycles. The lowest BCUT2D eigenvalue weighted by atomic mass is 9.72. The molecule has 1 N–H and O–H groups in total. The van der Waals surface area contributed by atoms with E-state index in [9.17, 15) is 9.90 Å². The van der Waals surface area contributed by atoms with Gasteiger partial charge >= 0.3 is 5.97 Å². The van der Waals surface area contributed by atoms with Gasteiger partial charge in [0.15, 0.2) is 0 Å². The van der Waals surface area contributed by atoms with E-state index in [4.69, 9.17) is 0 Å². The van der Waals surface area contributed by atoms with Gasteiger partial charge < -0.3 is 5.11 Å². The van der Waals surface area contributed by atoms with Gasteiger partial charge in [-0.15, -0.1) is 0 Å². The molecular weight excluding hydrogens is 188 g/mol. The molecule has 90 valence electrons. The SMILES string of the molecule is CC(C)CCC(C)(CC(C)(C)C)C(=O)O. The van der Waals surface area contributed by atoms with Crippen LogP contribution in [0.4, 0.5) is 0 Å². The fraction of sp³-hybridized carbons (Fsp3) is 0.923. The molecular formula is C13H26O2. The quantitative estimate of drug-likeness (QED) is 0.752. The number of carboxylic acids is 1. The number of hydrogen-bond acceptors (Lipinski definition) is 1. The Balaban J connectivity index is 4.53. The van der Waals surface area contributed by atoms with Crippen molar-refractivity contribution in [2.75, 3.05) is 0 Å². The normalized spacial score (nSPS) is 16.5. The van der Waals surface area contributed by atoms with Crippen molar-refractivity contribution >= 4 is 5.97 Å². The zero-order chi connectivity index (χ0) is 12.3. The molecule has 0 bridgehead atoms. The molecule has 1 unspecified atom stereocenters. The van der Waals surface area contributed by atoms with Crippen LogP contribution >= 0.6 is 0 Å². The minimum atomic E-state index is -0.655. The van der Waals surface area contributed by atoms with E-state index in [1.807, 2.05) is 6.92 Å². The third kappa shape index (κ3) is 5.81. The minimum absolute atomic E-state index is 0.0735. The van der Waals surface area contributed by atoms with Crippen LogP contribution in [0.5, 0.6) is 0 Å². The molecule has 0 radical (unpaired) electrons. The van der Waals surface area contributed by atoms with Gasteiger partial charge in [0, 0.05) is 0 Å². The standard InChI is InChI=1S/C13H26O2/c1-10(2)7-8-13(6,11(14)15)9-12(3,4)5/h10H,7-9H2,1-6H3,(H,14,15). The zero-order valence-electron chi connectivity index (χ0n) is 11.1. The Hall–Kier alpha value is -0.530. The zero-order valence-corrected chi connectivity index (χ0v) is 11.1.